The van der Waals surface area contributed by atoms with E-state index >= 15 is 0 Å². The summed E-state index contributed by atoms with van der Waals surface area (Å²) in [5.74, 6) is -0.629. The second-order valence-electron chi connectivity index (χ2n) is 7.81. The Labute approximate surface area is 162 Å². The minimum atomic E-state index is -0.765. The highest BCUT2D eigenvalue weighted by Gasteiger charge is 2.68. The molecule has 2 N–H and O–H groups in total. The zero-order valence-corrected chi connectivity index (χ0v) is 15.6. The van der Waals surface area contributed by atoms with Crippen LogP contribution in [0.4, 0.5) is 0 Å². The van der Waals surface area contributed by atoms with Crippen molar-refractivity contribution in [3.63, 3.8) is 0 Å². The first kappa shape index (κ1) is 16.6. The number of fused-ring (bicyclic) bond motifs is 1. The number of carboxylic acid groups (broad SMARTS) is 1. The molecule has 0 spiro atoms. The molecule has 3 aliphatic carbocycles. The van der Waals surface area contributed by atoms with Crippen molar-refractivity contribution in [1.82, 2.24) is 5.32 Å². The van der Waals surface area contributed by atoms with E-state index in [0.717, 1.165) is 18.4 Å². The van der Waals surface area contributed by atoms with Crippen LogP contribution < -0.4 is 5.32 Å². The zero-order valence-electron chi connectivity index (χ0n) is 14.1. The Kier molecular flexibility index (Phi) is 3.50. The average Bonchev–Trinajstić information content (AvgIpc) is 3.12. The molecule has 6 rings (SSSR count). The van der Waals surface area contributed by atoms with Crippen molar-refractivity contribution in [3.8, 4) is 0 Å². The average molecular weight is 388 g/mol. The van der Waals surface area contributed by atoms with Crippen LogP contribution in [-0.2, 0) is 10.2 Å². The second-order valence-corrected chi connectivity index (χ2v) is 8.62. The first-order valence-corrected chi connectivity index (χ1v) is 9.76. The number of carbonyl (C=O) groups is 1. The van der Waals surface area contributed by atoms with Crippen molar-refractivity contribution in [2.24, 2.45) is 11.3 Å². The topological polar surface area (TPSA) is 49.3 Å². The van der Waals surface area contributed by atoms with Crippen LogP contribution in [0.15, 0.2) is 42.5 Å². The molecule has 1 heterocycles. The molecule has 2 aromatic carbocycles. The molecule has 1 aliphatic heterocycles. The summed E-state index contributed by atoms with van der Waals surface area (Å²) in [6.07, 6.45) is 1.82. The van der Waals surface area contributed by atoms with E-state index in [1.807, 2.05) is 24.3 Å². The Morgan fingerprint density at radius 3 is 2.73 bits per heavy atom. The van der Waals surface area contributed by atoms with Gasteiger partial charge in [0.05, 0.1) is 15.5 Å². The Bertz CT molecular complexity index is 930. The molecule has 0 amide bonds. The smallest absolute Gasteiger partial charge is 0.311 e. The summed E-state index contributed by atoms with van der Waals surface area (Å²) in [4.78, 5) is 12.6. The molecule has 2 bridgehead atoms. The van der Waals surface area contributed by atoms with Crippen LogP contribution in [0.2, 0.25) is 10.0 Å². The molecule has 1 saturated carbocycles. The first-order valence-electron chi connectivity index (χ1n) is 9.01. The largest absolute Gasteiger partial charge is 0.481 e. The van der Waals surface area contributed by atoms with Crippen LogP contribution in [0.3, 0.4) is 0 Å². The highest BCUT2D eigenvalue weighted by Crippen LogP contribution is 2.67. The SMILES string of the molecule is O=C(O)C12CNCC1C1(c3ccc(Cl)c(Cl)c3)CCC2c2ccccc21. The summed E-state index contributed by atoms with van der Waals surface area (Å²) in [7, 11) is 0. The van der Waals surface area contributed by atoms with Gasteiger partial charge in [-0.3, -0.25) is 4.79 Å². The predicted octanol–water partition coefficient (Wildman–Crippen LogP) is 4.46. The van der Waals surface area contributed by atoms with Crippen molar-refractivity contribution < 1.29 is 9.90 Å². The number of carboxylic acids is 1. The van der Waals surface area contributed by atoms with E-state index in [0.29, 0.717) is 23.1 Å². The zero-order chi connectivity index (χ0) is 18.1. The van der Waals surface area contributed by atoms with E-state index in [1.165, 1.54) is 11.1 Å². The fraction of sp³-hybridized carbons (Fsp3) is 0.381. The molecule has 26 heavy (non-hydrogen) atoms. The molecule has 4 aliphatic rings. The lowest BCUT2D eigenvalue weighted by Crippen LogP contribution is -2.60. The van der Waals surface area contributed by atoms with Gasteiger partial charge < -0.3 is 10.4 Å². The monoisotopic (exact) mass is 387 g/mol. The van der Waals surface area contributed by atoms with Crippen molar-refractivity contribution in [1.29, 1.82) is 0 Å². The number of aliphatic carboxylic acids is 1. The maximum atomic E-state index is 12.6. The summed E-state index contributed by atoms with van der Waals surface area (Å²) in [6.45, 7) is 1.23. The van der Waals surface area contributed by atoms with Gasteiger partial charge in [0.1, 0.15) is 0 Å². The van der Waals surface area contributed by atoms with E-state index in [1.54, 1.807) is 0 Å². The van der Waals surface area contributed by atoms with Crippen molar-refractivity contribution in [2.75, 3.05) is 13.1 Å². The van der Waals surface area contributed by atoms with Crippen molar-refractivity contribution in [2.45, 2.75) is 24.2 Å². The summed E-state index contributed by atoms with van der Waals surface area (Å²) in [5.41, 5.74) is 2.42. The van der Waals surface area contributed by atoms with Crippen molar-refractivity contribution >= 4 is 29.2 Å². The van der Waals surface area contributed by atoms with E-state index in [9.17, 15) is 9.90 Å². The van der Waals surface area contributed by atoms with Crippen LogP contribution >= 0.6 is 23.2 Å². The highest BCUT2D eigenvalue weighted by atomic mass is 35.5. The molecule has 1 saturated heterocycles. The fourth-order valence-electron chi connectivity index (χ4n) is 6.12. The number of nitrogens with one attached hydrogen (secondary N) is 1. The molecule has 3 nitrogen and oxygen atoms in total. The van der Waals surface area contributed by atoms with Gasteiger partial charge in [-0.05, 0) is 41.7 Å². The van der Waals surface area contributed by atoms with Crippen LogP contribution in [0.1, 0.15) is 35.4 Å². The molecule has 5 heteroatoms. The van der Waals surface area contributed by atoms with Gasteiger partial charge in [-0.1, -0.05) is 53.5 Å². The molecule has 2 aromatic rings. The predicted molar refractivity (Wildman–Crippen MR) is 102 cm³/mol. The van der Waals surface area contributed by atoms with E-state index in [-0.39, 0.29) is 17.3 Å². The maximum Gasteiger partial charge on any atom is 0.311 e. The normalized spacial score (nSPS) is 34.4. The minimum Gasteiger partial charge on any atom is -0.481 e. The lowest BCUT2D eigenvalue weighted by Gasteiger charge is -2.59. The van der Waals surface area contributed by atoms with E-state index < -0.39 is 11.4 Å². The van der Waals surface area contributed by atoms with Gasteiger partial charge in [-0.2, -0.15) is 0 Å². The lowest BCUT2D eigenvalue weighted by atomic mass is 9.42. The van der Waals surface area contributed by atoms with Crippen LogP contribution in [0, 0.1) is 11.3 Å². The van der Waals surface area contributed by atoms with E-state index in [2.05, 4.69) is 23.5 Å². The summed E-state index contributed by atoms with van der Waals surface area (Å²) >= 11 is 12.5. The highest BCUT2D eigenvalue weighted by molar-refractivity contribution is 6.42. The van der Waals surface area contributed by atoms with Gasteiger partial charge in [0.2, 0.25) is 0 Å². The lowest BCUT2D eigenvalue weighted by molar-refractivity contribution is -0.157. The van der Waals surface area contributed by atoms with Gasteiger partial charge in [0.15, 0.2) is 0 Å². The molecule has 2 fully saturated rings. The first-order chi connectivity index (χ1) is 12.5. The third kappa shape index (κ3) is 1.81. The Morgan fingerprint density at radius 1 is 1.15 bits per heavy atom. The third-order valence-corrected chi connectivity index (χ3v) is 7.82. The Hall–Kier alpha value is -1.55. The third-order valence-electron chi connectivity index (χ3n) is 7.08. The molecular formula is C21H19Cl2NO2. The molecule has 0 radical (unpaired) electrons. The van der Waals surface area contributed by atoms with Gasteiger partial charge in [0, 0.05) is 30.3 Å². The van der Waals surface area contributed by atoms with Gasteiger partial charge in [-0.15, -0.1) is 0 Å². The second kappa shape index (κ2) is 5.48. The van der Waals surface area contributed by atoms with Crippen LogP contribution in [-0.4, -0.2) is 24.2 Å². The maximum absolute atomic E-state index is 12.6. The number of rotatable bonds is 2. The minimum absolute atomic E-state index is 0.00149. The molecular weight excluding hydrogens is 369 g/mol. The number of hydrogen-bond donors (Lipinski definition) is 2. The standard InChI is InChI=1S/C21H19Cl2NO2/c22-16-6-5-12(9-17(16)23)20-8-7-15(13-3-1-2-4-14(13)20)21(19(25)26)11-24-10-18(20)21/h1-6,9,15,18,24H,7-8,10-11H2,(H,25,26). The Balaban J connectivity index is 1.85. The van der Waals surface area contributed by atoms with Gasteiger partial charge >= 0.3 is 5.97 Å². The van der Waals surface area contributed by atoms with E-state index in [4.69, 9.17) is 23.2 Å². The van der Waals surface area contributed by atoms with Gasteiger partial charge in [0.25, 0.3) is 0 Å². The summed E-state index contributed by atoms with van der Waals surface area (Å²) < 4.78 is 0. The number of halogens is 2. The van der Waals surface area contributed by atoms with Crippen LogP contribution in [0.5, 0.6) is 0 Å². The quantitative estimate of drug-likeness (QED) is 0.799. The summed E-state index contributed by atoms with van der Waals surface area (Å²) in [5, 5.41) is 14.8. The molecule has 4 atom stereocenters. The molecule has 134 valence electrons. The van der Waals surface area contributed by atoms with Gasteiger partial charge in [-0.25, -0.2) is 0 Å². The number of benzene rings is 2. The molecule has 4 unspecified atom stereocenters. The summed E-state index contributed by atoms with van der Waals surface area (Å²) in [6, 6.07) is 14.2. The molecule has 0 aromatic heterocycles. The Morgan fingerprint density at radius 2 is 1.96 bits per heavy atom. The fourth-order valence-corrected chi connectivity index (χ4v) is 6.42. The number of hydrogen-bond acceptors (Lipinski definition) is 2. The van der Waals surface area contributed by atoms with Crippen molar-refractivity contribution in [3.05, 3.63) is 69.2 Å². The van der Waals surface area contributed by atoms with Crippen LogP contribution in [0.25, 0.3) is 0 Å².